The molecule has 1 aromatic heterocycles. The van der Waals surface area contributed by atoms with Crippen LogP contribution in [0.5, 0.6) is 0 Å². The van der Waals surface area contributed by atoms with E-state index in [9.17, 15) is 4.79 Å². The summed E-state index contributed by atoms with van der Waals surface area (Å²) in [7, 11) is 5.38. The fourth-order valence-electron chi connectivity index (χ4n) is 6.02. The van der Waals surface area contributed by atoms with Crippen LogP contribution >= 0.6 is 8.58 Å². The molecule has 0 radical (unpaired) electrons. The third-order valence-corrected chi connectivity index (χ3v) is 9.84. The number of methoxy groups -OCH3 is 2. The zero-order valence-corrected chi connectivity index (χ0v) is 29.4. The first-order chi connectivity index (χ1) is 21.4. The molecule has 0 saturated heterocycles. The van der Waals surface area contributed by atoms with E-state index < -0.39 is 5.85 Å². The van der Waals surface area contributed by atoms with E-state index in [0.717, 1.165) is 18.5 Å². The highest BCUT2D eigenvalue weighted by Gasteiger charge is 2.43. The number of ether oxygens (including phenoxy) is 4. The summed E-state index contributed by atoms with van der Waals surface area (Å²) in [4.78, 5) is 24.3. The minimum absolute atomic E-state index is 0.128. The van der Waals surface area contributed by atoms with E-state index >= 15 is 0 Å². The lowest BCUT2D eigenvalue weighted by atomic mass is 9.86. The highest BCUT2D eigenvalue weighted by molar-refractivity contribution is 7.59. The van der Waals surface area contributed by atoms with Crippen molar-refractivity contribution in [1.29, 1.82) is 0 Å². The Morgan fingerprint density at radius 2 is 1.78 bits per heavy atom. The highest BCUT2D eigenvalue weighted by Crippen LogP contribution is 2.47. The number of amides is 1. The van der Waals surface area contributed by atoms with Crippen LogP contribution in [-0.4, -0.2) is 61.1 Å². The largest absolute Gasteiger partial charge is 0.484 e. The Bertz CT molecular complexity index is 1470. The Morgan fingerprint density at radius 1 is 1.11 bits per heavy atom. The first-order valence-electron chi connectivity index (χ1n) is 15.7. The number of rotatable bonds is 9. The van der Waals surface area contributed by atoms with Crippen LogP contribution in [0.25, 0.3) is 0 Å². The molecule has 2 aromatic rings. The van der Waals surface area contributed by atoms with Gasteiger partial charge in [0.15, 0.2) is 5.76 Å². The second-order valence-electron chi connectivity index (χ2n) is 12.3. The van der Waals surface area contributed by atoms with Gasteiger partial charge in [-0.3, -0.25) is 9.78 Å². The van der Waals surface area contributed by atoms with Crippen molar-refractivity contribution >= 4 is 20.1 Å². The van der Waals surface area contributed by atoms with Crippen molar-refractivity contribution in [3.8, 4) is 0 Å². The van der Waals surface area contributed by atoms with Gasteiger partial charge in [-0.05, 0) is 95.6 Å². The van der Waals surface area contributed by atoms with Crippen molar-refractivity contribution in [2.45, 2.75) is 90.9 Å². The number of aliphatic imine (C=N–C) groups is 1. The molecule has 3 aliphatic rings. The normalized spacial score (nSPS) is 21.6. The molecule has 3 aliphatic heterocycles. The molecule has 5 rings (SSSR count). The van der Waals surface area contributed by atoms with Crippen LogP contribution in [-0.2, 0) is 47.8 Å². The van der Waals surface area contributed by atoms with Crippen molar-refractivity contribution < 1.29 is 23.7 Å². The number of nitrogens with one attached hydrogen (secondary N) is 1. The standard InChI is InChI=1S/C33H43N4O5P.C2H6/c1-20-17-24-25(33(4,5)42-32(24,2)3)19-22(20)18-23-9-10-26(41-23)28(38)35-27-29(39-7)36-31(43-30(27)40-8)37(6)16-13-21-11-14-34-15-12-21;1-2/h10-12,14-15,17,19,23,30,43H,9,13,16,18H2,1-8H3,(H,35,38);1-2H3. The van der Waals surface area contributed by atoms with Gasteiger partial charge in [-0.25, -0.2) is 0 Å². The monoisotopic (exact) mass is 636 g/mol. The molecule has 0 spiro atoms. The van der Waals surface area contributed by atoms with Crippen molar-refractivity contribution in [2.75, 3.05) is 27.8 Å². The predicted molar refractivity (Wildman–Crippen MR) is 180 cm³/mol. The average Bonchev–Trinajstić information content (AvgIpc) is 3.56. The fourth-order valence-corrected chi connectivity index (χ4v) is 7.21. The number of carbonyl (C=O) groups excluding carboxylic acids is 1. The lowest BCUT2D eigenvalue weighted by Crippen LogP contribution is -2.37. The summed E-state index contributed by atoms with van der Waals surface area (Å²) in [5.41, 5.74) is 6.75. The number of fused-ring (bicyclic) bond motifs is 1. The van der Waals surface area contributed by atoms with Crippen LogP contribution in [0.4, 0.5) is 0 Å². The van der Waals surface area contributed by atoms with E-state index in [1.54, 1.807) is 26.6 Å². The van der Waals surface area contributed by atoms with Gasteiger partial charge < -0.3 is 29.2 Å². The number of carbonyl (C=O) groups is 1. The number of aryl methyl sites for hydroxylation is 1. The van der Waals surface area contributed by atoms with E-state index in [0.29, 0.717) is 30.2 Å². The molecule has 3 atom stereocenters. The van der Waals surface area contributed by atoms with Gasteiger partial charge in [-0.15, -0.1) is 0 Å². The summed E-state index contributed by atoms with van der Waals surface area (Å²) in [5, 5.41) is 2.98. The minimum Gasteiger partial charge on any atom is -0.484 e. The molecule has 0 saturated carbocycles. The van der Waals surface area contributed by atoms with Crippen LogP contribution in [0.1, 0.15) is 75.8 Å². The minimum atomic E-state index is -0.392. The van der Waals surface area contributed by atoms with Gasteiger partial charge in [0.25, 0.3) is 5.91 Å². The Balaban J connectivity index is 0.00000226. The van der Waals surface area contributed by atoms with Gasteiger partial charge in [-0.2, -0.15) is 4.99 Å². The molecule has 1 aromatic carbocycles. The number of hydrogen-bond acceptors (Lipinski definition) is 8. The van der Waals surface area contributed by atoms with Crippen molar-refractivity contribution in [3.63, 3.8) is 0 Å². The van der Waals surface area contributed by atoms with Gasteiger partial charge in [0.05, 0.1) is 18.3 Å². The third-order valence-electron chi connectivity index (χ3n) is 8.30. The molecular weight excluding hydrogens is 587 g/mol. The van der Waals surface area contributed by atoms with E-state index in [1.807, 2.05) is 39.1 Å². The number of amidine groups is 1. The molecule has 0 aliphatic carbocycles. The average molecular weight is 637 g/mol. The van der Waals surface area contributed by atoms with Crippen LogP contribution in [0.15, 0.2) is 65.1 Å². The second-order valence-corrected chi connectivity index (χ2v) is 13.6. The maximum Gasteiger partial charge on any atom is 0.290 e. The lowest BCUT2D eigenvalue weighted by Gasteiger charge is -2.30. The number of hydrogen-bond donors (Lipinski definition) is 1. The quantitative estimate of drug-likeness (QED) is 0.325. The molecule has 3 unspecified atom stereocenters. The highest BCUT2D eigenvalue weighted by atomic mass is 31.1. The van der Waals surface area contributed by atoms with E-state index in [4.69, 9.17) is 23.9 Å². The number of nitrogens with zero attached hydrogens (tertiary/aromatic N) is 3. The molecular formula is C35H49N4O5P. The van der Waals surface area contributed by atoms with E-state index in [2.05, 4.69) is 62.0 Å². The molecule has 9 nitrogen and oxygen atoms in total. The summed E-state index contributed by atoms with van der Waals surface area (Å²) in [6.07, 6.45) is 7.55. The van der Waals surface area contributed by atoms with E-state index in [-0.39, 0.29) is 31.8 Å². The second kappa shape index (κ2) is 14.4. The van der Waals surface area contributed by atoms with E-state index in [1.165, 1.54) is 27.8 Å². The first-order valence-corrected chi connectivity index (χ1v) is 16.8. The van der Waals surface area contributed by atoms with Gasteiger partial charge in [-0.1, -0.05) is 26.0 Å². The molecule has 0 bridgehead atoms. The zero-order chi connectivity index (χ0) is 32.9. The van der Waals surface area contributed by atoms with Crippen molar-refractivity contribution in [2.24, 2.45) is 4.99 Å². The van der Waals surface area contributed by atoms with Crippen molar-refractivity contribution in [1.82, 2.24) is 15.2 Å². The van der Waals surface area contributed by atoms with Crippen LogP contribution in [0.2, 0.25) is 0 Å². The van der Waals surface area contributed by atoms with Gasteiger partial charge >= 0.3 is 0 Å². The smallest absolute Gasteiger partial charge is 0.290 e. The molecule has 10 heteroatoms. The maximum atomic E-state index is 13.4. The number of benzene rings is 1. The Hall–Kier alpha value is -3.26. The number of pyridine rings is 1. The van der Waals surface area contributed by atoms with Gasteiger partial charge in [0.2, 0.25) is 5.88 Å². The van der Waals surface area contributed by atoms with Crippen LogP contribution in [0.3, 0.4) is 0 Å². The summed E-state index contributed by atoms with van der Waals surface area (Å²) >= 11 is 0. The van der Waals surface area contributed by atoms with Gasteiger partial charge in [0.1, 0.15) is 23.2 Å². The molecule has 0 fully saturated rings. The first kappa shape index (κ1) is 34.6. The number of aromatic nitrogens is 1. The Labute approximate surface area is 270 Å². The maximum absolute atomic E-state index is 13.4. The molecule has 45 heavy (non-hydrogen) atoms. The van der Waals surface area contributed by atoms with Crippen LogP contribution < -0.4 is 5.32 Å². The lowest BCUT2D eigenvalue weighted by molar-refractivity contribution is -0.120. The summed E-state index contributed by atoms with van der Waals surface area (Å²) in [5.74, 6) is -0.0811. The third kappa shape index (κ3) is 7.76. The molecule has 4 heterocycles. The van der Waals surface area contributed by atoms with Gasteiger partial charge in [0, 0.05) is 45.9 Å². The molecule has 244 valence electrons. The van der Waals surface area contributed by atoms with Crippen molar-refractivity contribution in [3.05, 3.63) is 87.9 Å². The summed E-state index contributed by atoms with van der Waals surface area (Å²) < 4.78 is 24.0. The Kier molecular flexibility index (Phi) is 11.1. The topological polar surface area (TPSA) is 94.5 Å². The molecule has 1 amide bonds. The molecule has 1 N–H and O–H groups in total. The predicted octanol–water partition coefficient (Wildman–Crippen LogP) is 6.26. The fraction of sp³-hybridized carbons (Fsp3) is 0.514. The summed E-state index contributed by atoms with van der Waals surface area (Å²) in [6.45, 7) is 15.4. The Morgan fingerprint density at radius 3 is 2.42 bits per heavy atom. The van der Waals surface area contributed by atoms with Crippen LogP contribution in [0, 0.1) is 6.92 Å². The zero-order valence-electron chi connectivity index (χ0n) is 28.4. The summed E-state index contributed by atoms with van der Waals surface area (Å²) in [6, 6.07) is 8.53. The number of likely N-dealkylation sites (N-methyl/N-ethyl adjacent to an activating group) is 1. The SMILES string of the molecule is CC.COC1=C(NC(=O)C2=CCC(Cc3cc4c(cc3C)C(C)(C)OC4(C)C)O2)C(OC)PC(N(C)CCc2ccncc2)=N1.